The third-order valence-corrected chi connectivity index (χ3v) is 4.20. The van der Waals surface area contributed by atoms with Gasteiger partial charge in [0.25, 0.3) is 5.91 Å². The Hall–Kier alpha value is -3.07. The maximum atomic E-state index is 12.4. The molecule has 0 aromatic heterocycles. The molecule has 25 heavy (non-hydrogen) atoms. The zero-order valence-electron chi connectivity index (χ0n) is 14.4. The Labute approximate surface area is 148 Å². The van der Waals surface area contributed by atoms with Gasteiger partial charge in [-0.05, 0) is 41.8 Å². The average Bonchev–Trinajstić information content (AvgIpc) is 2.68. The van der Waals surface area contributed by atoms with E-state index in [1.165, 1.54) is 5.56 Å². The van der Waals surface area contributed by atoms with E-state index >= 15 is 0 Å². The van der Waals surface area contributed by atoms with Crippen LogP contribution in [0.5, 0.6) is 5.75 Å². The highest BCUT2D eigenvalue weighted by Gasteiger charge is 2.12. The first-order valence-corrected chi connectivity index (χ1v) is 8.27. The lowest BCUT2D eigenvalue weighted by Crippen LogP contribution is -2.26. The second kappa shape index (κ2) is 7.67. The topological polar surface area (TPSA) is 38.3 Å². The average molecular weight is 331 g/mol. The molecular weight excluding hydrogens is 310 g/mol. The summed E-state index contributed by atoms with van der Waals surface area (Å²) >= 11 is 0. The third-order valence-electron chi connectivity index (χ3n) is 4.20. The minimum atomic E-state index is -0.112. The molecule has 0 saturated carbocycles. The highest BCUT2D eigenvalue weighted by Crippen LogP contribution is 2.22. The zero-order valence-corrected chi connectivity index (χ0v) is 14.4. The summed E-state index contributed by atoms with van der Waals surface area (Å²) in [6, 6.07) is 25.6. The molecule has 3 aromatic rings. The molecule has 3 heteroatoms. The van der Waals surface area contributed by atoms with Gasteiger partial charge < -0.3 is 10.1 Å². The summed E-state index contributed by atoms with van der Waals surface area (Å²) in [7, 11) is 1.59. The van der Waals surface area contributed by atoms with Crippen LogP contribution in [-0.4, -0.2) is 13.0 Å². The Morgan fingerprint density at radius 3 is 2.24 bits per heavy atom. The van der Waals surface area contributed by atoms with Crippen molar-refractivity contribution in [3.05, 3.63) is 90.0 Å². The zero-order chi connectivity index (χ0) is 17.6. The lowest BCUT2D eigenvalue weighted by molar-refractivity contribution is 0.0939. The van der Waals surface area contributed by atoms with Crippen LogP contribution in [0.2, 0.25) is 0 Å². The van der Waals surface area contributed by atoms with Crippen LogP contribution in [0.1, 0.15) is 28.9 Å². The number of benzene rings is 3. The maximum absolute atomic E-state index is 12.4. The summed E-state index contributed by atoms with van der Waals surface area (Å²) in [4.78, 5) is 12.4. The fourth-order valence-corrected chi connectivity index (χ4v) is 2.72. The van der Waals surface area contributed by atoms with Crippen molar-refractivity contribution < 1.29 is 9.53 Å². The minimum absolute atomic E-state index is 0.0801. The van der Waals surface area contributed by atoms with E-state index in [0.29, 0.717) is 11.3 Å². The second-order valence-corrected chi connectivity index (χ2v) is 5.92. The number of amides is 1. The number of hydrogen-bond acceptors (Lipinski definition) is 2. The summed E-state index contributed by atoms with van der Waals surface area (Å²) in [6.07, 6.45) is 0. The molecule has 1 unspecified atom stereocenters. The normalized spacial score (nSPS) is 11.6. The number of ether oxygens (including phenoxy) is 1. The molecule has 0 spiro atoms. The van der Waals surface area contributed by atoms with E-state index in [9.17, 15) is 4.79 Å². The molecule has 0 aliphatic carbocycles. The molecule has 0 fully saturated rings. The number of rotatable bonds is 5. The van der Waals surface area contributed by atoms with Gasteiger partial charge in [0.05, 0.1) is 13.2 Å². The largest absolute Gasteiger partial charge is 0.497 e. The van der Waals surface area contributed by atoms with Crippen LogP contribution in [0.15, 0.2) is 78.9 Å². The molecule has 0 heterocycles. The van der Waals surface area contributed by atoms with E-state index in [1.807, 2.05) is 37.3 Å². The van der Waals surface area contributed by atoms with E-state index in [-0.39, 0.29) is 11.9 Å². The lowest BCUT2D eigenvalue weighted by Gasteiger charge is -2.15. The van der Waals surface area contributed by atoms with Gasteiger partial charge in [-0.25, -0.2) is 0 Å². The Balaban J connectivity index is 1.70. The van der Waals surface area contributed by atoms with Crippen LogP contribution in [0.4, 0.5) is 0 Å². The highest BCUT2D eigenvalue weighted by atomic mass is 16.5. The Bertz CT molecular complexity index is 841. The summed E-state index contributed by atoms with van der Waals surface area (Å²) in [5.74, 6) is 0.561. The van der Waals surface area contributed by atoms with Crippen LogP contribution in [0, 0.1) is 0 Å². The van der Waals surface area contributed by atoms with Crippen LogP contribution in [-0.2, 0) is 0 Å². The van der Waals surface area contributed by atoms with Gasteiger partial charge in [-0.15, -0.1) is 0 Å². The van der Waals surface area contributed by atoms with Gasteiger partial charge in [-0.2, -0.15) is 0 Å². The molecule has 0 bridgehead atoms. The summed E-state index contributed by atoms with van der Waals surface area (Å²) in [5.41, 5.74) is 4.00. The molecule has 0 saturated heterocycles. The first-order chi connectivity index (χ1) is 12.2. The third kappa shape index (κ3) is 4.07. The molecule has 0 aliphatic heterocycles. The molecular formula is C22H21NO2. The molecule has 3 aromatic carbocycles. The molecule has 1 N–H and O–H groups in total. The summed E-state index contributed by atoms with van der Waals surface area (Å²) in [5, 5.41) is 3.03. The van der Waals surface area contributed by atoms with Crippen LogP contribution in [0.3, 0.4) is 0 Å². The Morgan fingerprint density at radius 2 is 1.56 bits per heavy atom. The molecule has 0 radical (unpaired) electrons. The first kappa shape index (κ1) is 16.8. The van der Waals surface area contributed by atoms with E-state index < -0.39 is 0 Å². The molecule has 1 amide bonds. The molecule has 126 valence electrons. The van der Waals surface area contributed by atoms with Crippen molar-refractivity contribution in [2.24, 2.45) is 0 Å². The fraction of sp³-hybridized carbons (Fsp3) is 0.136. The van der Waals surface area contributed by atoms with Crippen molar-refractivity contribution >= 4 is 5.91 Å². The van der Waals surface area contributed by atoms with Crippen molar-refractivity contribution in [2.75, 3.05) is 7.11 Å². The van der Waals surface area contributed by atoms with Crippen molar-refractivity contribution in [3.63, 3.8) is 0 Å². The predicted molar refractivity (Wildman–Crippen MR) is 101 cm³/mol. The Kier molecular flexibility index (Phi) is 5.14. The SMILES string of the molecule is COc1cccc(C(=O)NC(C)c2ccc(-c3ccccc3)cc2)c1. The van der Waals surface area contributed by atoms with E-state index in [0.717, 1.165) is 11.1 Å². The smallest absolute Gasteiger partial charge is 0.251 e. The van der Waals surface area contributed by atoms with Crippen molar-refractivity contribution in [1.29, 1.82) is 0 Å². The summed E-state index contributed by atoms with van der Waals surface area (Å²) in [6.45, 7) is 1.98. The van der Waals surface area contributed by atoms with Gasteiger partial charge in [0.15, 0.2) is 0 Å². The van der Waals surface area contributed by atoms with E-state index in [1.54, 1.807) is 19.2 Å². The Morgan fingerprint density at radius 1 is 0.880 bits per heavy atom. The molecule has 3 rings (SSSR count). The number of hydrogen-bond donors (Lipinski definition) is 1. The molecule has 3 nitrogen and oxygen atoms in total. The number of carbonyl (C=O) groups excluding carboxylic acids is 1. The highest BCUT2D eigenvalue weighted by molar-refractivity contribution is 5.94. The number of nitrogens with one attached hydrogen (secondary N) is 1. The maximum Gasteiger partial charge on any atom is 0.251 e. The standard InChI is InChI=1S/C22H21NO2/c1-16(23-22(24)20-9-6-10-21(15-20)25-2)17-11-13-19(14-12-17)18-7-4-3-5-8-18/h3-16H,1-2H3,(H,23,24). The van der Waals surface area contributed by atoms with Gasteiger partial charge in [-0.1, -0.05) is 60.7 Å². The quantitative estimate of drug-likeness (QED) is 0.725. The first-order valence-electron chi connectivity index (χ1n) is 8.27. The van der Waals surface area contributed by atoms with Crippen LogP contribution in [0.25, 0.3) is 11.1 Å². The minimum Gasteiger partial charge on any atom is -0.497 e. The molecule has 1 atom stereocenters. The van der Waals surface area contributed by atoms with Gasteiger partial charge in [0.1, 0.15) is 5.75 Å². The van der Waals surface area contributed by atoms with E-state index in [4.69, 9.17) is 4.74 Å². The number of carbonyl (C=O) groups is 1. The van der Waals surface area contributed by atoms with Gasteiger partial charge >= 0.3 is 0 Å². The lowest BCUT2D eigenvalue weighted by atomic mass is 10.0. The number of methoxy groups -OCH3 is 1. The molecule has 0 aliphatic rings. The van der Waals surface area contributed by atoms with E-state index in [2.05, 4.69) is 41.7 Å². The fourth-order valence-electron chi connectivity index (χ4n) is 2.72. The summed E-state index contributed by atoms with van der Waals surface area (Å²) < 4.78 is 5.17. The second-order valence-electron chi connectivity index (χ2n) is 5.92. The van der Waals surface area contributed by atoms with Crippen molar-refractivity contribution in [1.82, 2.24) is 5.32 Å². The van der Waals surface area contributed by atoms with Crippen LogP contribution < -0.4 is 10.1 Å². The monoisotopic (exact) mass is 331 g/mol. The van der Waals surface area contributed by atoms with Crippen molar-refractivity contribution in [2.45, 2.75) is 13.0 Å². The van der Waals surface area contributed by atoms with Gasteiger partial charge in [0, 0.05) is 5.56 Å². The predicted octanol–water partition coefficient (Wildman–Crippen LogP) is 4.85. The van der Waals surface area contributed by atoms with Crippen LogP contribution >= 0.6 is 0 Å². The van der Waals surface area contributed by atoms with Crippen molar-refractivity contribution in [3.8, 4) is 16.9 Å². The van der Waals surface area contributed by atoms with Gasteiger partial charge in [0.2, 0.25) is 0 Å². The van der Waals surface area contributed by atoms with Gasteiger partial charge in [-0.3, -0.25) is 4.79 Å².